The number of nitriles is 2. The maximum atomic E-state index is 12.1. The van der Waals surface area contributed by atoms with Crippen LogP contribution in [0, 0.1) is 40.4 Å². The molecule has 2 heterocycles. The minimum absolute atomic E-state index is 0.00337. The van der Waals surface area contributed by atoms with Crippen molar-refractivity contribution in [1.29, 1.82) is 10.5 Å². The first kappa shape index (κ1) is 26.1. The summed E-state index contributed by atoms with van der Waals surface area (Å²) in [6.07, 6.45) is 3.97. The number of alkyl carbamates (subject to hydrolysis) is 1. The molecule has 5 rings (SSSR count). The van der Waals surface area contributed by atoms with Gasteiger partial charge >= 0.3 is 6.09 Å². The highest BCUT2D eigenvalue weighted by atomic mass is 16.6. The lowest BCUT2D eigenvalue weighted by Crippen LogP contribution is -2.54. The van der Waals surface area contributed by atoms with Gasteiger partial charge in [-0.15, -0.1) is 0 Å². The number of benzene rings is 2. The Hall–Kier alpha value is -3.55. The highest BCUT2D eigenvalue weighted by Gasteiger charge is 2.53. The number of anilines is 1. The summed E-state index contributed by atoms with van der Waals surface area (Å²) in [6, 6.07) is 23.1. The van der Waals surface area contributed by atoms with E-state index in [1.54, 1.807) is 7.05 Å². The van der Waals surface area contributed by atoms with E-state index in [-0.39, 0.29) is 17.9 Å². The maximum Gasteiger partial charge on any atom is 0.407 e. The van der Waals surface area contributed by atoms with E-state index in [0.29, 0.717) is 11.5 Å². The van der Waals surface area contributed by atoms with Crippen LogP contribution in [0.15, 0.2) is 54.6 Å². The van der Waals surface area contributed by atoms with Gasteiger partial charge in [0, 0.05) is 44.2 Å². The molecular weight excluding hydrogens is 474 g/mol. The fourth-order valence-corrected chi connectivity index (χ4v) is 7.07. The van der Waals surface area contributed by atoms with Gasteiger partial charge in [-0.05, 0) is 80.9 Å². The molecular formula is C31H37N5O2. The van der Waals surface area contributed by atoms with Crippen LogP contribution < -0.4 is 10.2 Å². The number of ether oxygens (including phenoxy) is 1. The van der Waals surface area contributed by atoms with Crippen LogP contribution in [-0.4, -0.2) is 56.9 Å². The lowest BCUT2D eigenvalue weighted by atomic mass is 9.59. The standard InChI is InChI=1S/C31H37N5O2/c1-34-30(37)38-29-9-5-8-28(29)31(22-33,25-6-3-2-4-7-25)26-14-16-35(17-15-26)19-24-20-36(21-24)27-12-10-23(18-32)11-13-27/h2-4,6-7,10-13,24,26,28-29H,5,8-9,14-17,19-21H2,1H3,(H,34,37)/t28-,29-,31?/m1/s1. The quantitative estimate of drug-likeness (QED) is 0.580. The number of rotatable bonds is 7. The summed E-state index contributed by atoms with van der Waals surface area (Å²) >= 11 is 0. The Morgan fingerprint density at radius 2 is 1.74 bits per heavy atom. The van der Waals surface area contributed by atoms with Crippen LogP contribution in [0.1, 0.15) is 43.2 Å². The summed E-state index contributed by atoms with van der Waals surface area (Å²) in [5.74, 6) is 0.857. The molecule has 2 aliphatic heterocycles. The number of amides is 1. The zero-order valence-electron chi connectivity index (χ0n) is 22.2. The van der Waals surface area contributed by atoms with Gasteiger partial charge in [0.15, 0.2) is 0 Å². The van der Waals surface area contributed by atoms with Crippen molar-refractivity contribution in [3.63, 3.8) is 0 Å². The number of carbonyl (C=O) groups is 1. The summed E-state index contributed by atoms with van der Waals surface area (Å²) in [4.78, 5) is 17.1. The van der Waals surface area contributed by atoms with Gasteiger partial charge in [-0.25, -0.2) is 4.79 Å². The summed E-state index contributed by atoms with van der Waals surface area (Å²) in [5.41, 5.74) is 2.29. The Morgan fingerprint density at radius 1 is 1.03 bits per heavy atom. The van der Waals surface area contributed by atoms with E-state index in [2.05, 4.69) is 39.4 Å². The van der Waals surface area contributed by atoms with E-state index in [1.807, 2.05) is 42.5 Å². The van der Waals surface area contributed by atoms with Gasteiger partial charge in [-0.1, -0.05) is 30.3 Å². The second-order valence-corrected chi connectivity index (χ2v) is 11.1. The normalized spacial score (nSPS) is 24.0. The lowest BCUT2D eigenvalue weighted by Gasteiger charge is -2.47. The second-order valence-electron chi connectivity index (χ2n) is 11.1. The van der Waals surface area contributed by atoms with E-state index >= 15 is 0 Å². The number of hydrogen-bond acceptors (Lipinski definition) is 6. The Balaban J connectivity index is 1.24. The van der Waals surface area contributed by atoms with Crippen molar-refractivity contribution in [2.45, 2.75) is 43.6 Å². The number of carbonyl (C=O) groups excluding carboxylic acids is 1. The third-order valence-corrected chi connectivity index (χ3v) is 9.00. The molecule has 3 fully saturated rings. The molecule has 0 spiro atoms. The van der Waals surface area contributed by atoms with Gasteiger partial charge in [0.05, 0.1) is 23.1 Å². The van der Waals surface area contributed by atoms with Crippen LogP contribution in [0.5, 0.6) is 0 Å². The van der Waals surface area contributed by atoms with E-state index in [4.69, 9.17) is 10.00 Å². The number of likely N-dealkylation sites (tertiary alicyclic amines) is 1. The van der Waals surface area contributed by atoms with E-state index in [1.165, 1.54) is 5.69 Å². The van der Waals surface area contributed by atoms with Crippen molar-refractivity contribution < 1.29 is 9.53 Å². The van der Waals surface area contributed by atoms with E-state index < -0.39 is 11.5 Å². The van der Waals surface area contributed by atoms with E-state index in [9.17, 15) is 10.1 Å². The van der Waals surface area contributed by atoms with Crippen LogP contribution >= 0.6 is 0 Å². The van der Waals surface area contributed by atoms with Crippen LogP contribution in [0.2, 0.25) is 0 Å². The molecule has 1 amide bonds. The summed E-state index contributed by atoms with van der Waals surface area (Å²) in [5, 5.41) is 22.4. The molecule has 1 aliphatic carbocycles. The molecule has 2 aromatic rings. The summed E-state index contributed by atoms with van der Waals surface area (Å²) in [6.45, 7) is 5.14. The first-order chi connectivity index (χ1) is 18.6. The summed E-state index contributed by atoms with van der Waals surface area (Å²) in [7, 11) is 1.59. The van der Waals surface area contributed by atoms with Crippen LogP contribution in [0.25, 0.3) is 0 Å². The fraction of sp³-hybridized carbons (Fsp3) is 0.516. The highest BCUT2D eigenvalue weighted by Crippen LogP contribution is 2.51. The zero-order valence-corrected chi connectivity index (χ0v) is 22.2. The van der Waals surface area contributed by atoms with Crippen molar-refractivity contribution in [3.05, 3.63) is 65.7 Å². The molecule has 0 aromatic heterocycles. The number of hydrogen-bond donors (Lipinski definition) is 1. The first-order valence-corrected chi connectivity index (χ1v) is 13.9. The van der Waals surface area contributed by atoms with Crippen LogP contribution in [0.4, 0.5) is 10.5 Å². The molecule has 2 saturated heterocycles. The number of nitrogens with zero attached hydrogens (tertiary/aromatic N) is 4. The number of piperidine rings is 1. The molecule has 7 nitrogen and oxygen atoms in total. The predicted molar refractivity (Wildman–Crippen MR) is 146 cm³/mol. The third kappa shape index (κ3) is 5.08. The molecule has 1 unspecified atom stereocenters. The molecule has 7 heteroatoms. The smallest absolute Gasteiger partial charge is 0.407 e. The molecule has 198 valence electrons. The van der Waals surface area contributed by atoms with Crippen molar-refractivity contribution in [2.75, 3.05) is 44.7 Å². The van der Waals surface area contributed by atoms with Gasteiger partial charge in [0.2, 0.25) is 0 Å². The maximum absolute atomic E-state index is 12.1. The zero-order chi connectivity index (χ0) is 26.5. The Kier molecular flexibility index (Phi) is 7.86. The number of nitrogens with one attached hydrogen (secondary N) is 1. The van der Waals surface area contributed by atoms with Crippen LogP contribution in [0.3, 0.4) is 0 Å². The van der Waals surface area contributed by atoms with Gasteiger partial charge in [-0.2, -0.15) is 10.5 Å². The SMILES string of the molecule is CNC(=O)O[C@@H]1CCC[C@H]1C(C#N)(c1ccccc1)C1CCN(CC2CN(c3ccc(C#N)cc3)C2)CC1. The molecule has 2 aromatic carbocycles. The Morgan fingerprint density at radius 3 is 2.37 bits per heavy atom. The highest BCUT2D eigenvalue weighted by molar-refractivity contribution is 5.67. The average Bonchev–Trinajstić information content (AvgIpc) is 3.41. The molecule has 1 saturated carbocycles. The van der Waals surface area contributed by atoms with E-state index in [0.717, 1.165) is 70.4 Å². The monoisotopic (exact) mass is 511 g/mol. The van der Waals surface area contributed by atoms with Gasteiger partial charge in [0.25, 0.3) is 0 Å². The largest absolute Gasteiger partial charge is 0.446 e. The first-order valence-electron chi connectivity index (χ1n) is 13.9. The minimum Gasteiger partial charge on any atom is -0.446 e. The van der Waals surface area contributed by atoms with Crippen molar-refractivity contribution in [2.24, 2.45) is 17.8 Å². The van der Waals surface area contributed by atoms with Gasteiger partial charge < -0.3 is 19.9 Å². The molecule has 0 bridgehead atoms. The summed E-state index contributed by atoms with van der Waals surface area (Å²) < 4.78 is 5.82. The lowest BCUT2D eigenvalue weighted by molar-refractivity contribution is 0.0307. The van der Waals surface area contributed by atoms with Crippen molar-refractivity contribution in [1.82, 2.24) is 10.2 Å². The topological polar surface area (TPSA) is 92.4 Å². The Labute approximate surface area is 226 Å². The predicted octanol–water partition coefficient (Wildman–Crippen LogP) is 4.69. The average molecular weight is 512 g/mol. The molecule has 0 radical (unpaired) electrons. The van der Waals surface area contributed by atoms with Crippen LogP contribution in [-0.2, 0) is 10.2 Å². The molecule has 38 heavy (non-hydrogen) atoms. The van der Waals surface area contributed by atoms with Gasteiger partial charge in [0.1, 0.15) is 6.10 Å². The minimum atomic E-state index is -0.661. The Bertz CT molecular complexity index is 1170. The molecule has 1 N–H and O–H groups in total. The third-order valence-electron chi connectivity index (χ3n) is 9.00. The second kappa shape index (κ2) is 11.5. The molecule has 3 atom stereocenters. The fourth-order valence-electron chi connectivity index (χ4n) is 7.07. The molecule has 3 aliphatic rings. The van der Waals surface area contributed by atoms with Crippen molar-refractivity contribution >= 4 is 11.8 Å². The van der Waals surface area contributed by atoms with Crippen molar-refractivity contribution in [3.8, 4) is 12.1 Å². The van der Waals surface area contributed by atoms with Gasteiger partial charge in [-0.3, -0.25) is 0 Å².